The van der Waals surface area contributed by atoms with Crippen LogP contribution >= 0.6 is 31.9 Å². The summed E-state index contributed by atoms with van der Waals surface area (Å²) in [5, 5.41) is 14.6. The van der Waals surface area contributed by atoms with Gasteiger partial charge in [0.1, 0.15) is 17.8 Å². The Kier molecular flexibility index (Phi) is 6.05. The molecule has 120 valence electrons. The quantitative estimate of drug-likeness (QED) is 0.407. The number of pyridine rings is 1. The monoisotopic (exact) mass is 442 g/mol. The molecule has 0 bridgehead atoms. The van der Waals surface area contributed by atoms with E-state index in [4.69, 9.17) is 4.74 Å². The average Bonchev–Trinajstić information content (AvgIpc) is 2.51. The Morgan fingerprint density at radius 1 is 1.39 bits per heavy atom. The molecule has 0 spiro atoms. The highest BCUT2D eigenvalue weighted by molar-refractivity contribution is 9.11. The number of hydrazone groups is 1. The van der Waals surface area contributed by atoms with Gasteiger partial charge in [-0.25, -0.2) is 4.98 Å². The summed E-state index contributed by atoms with van der Waals surface area (Å²) in [6.45, 7) is 2.48. The fourth-order valence-electron chi connectivity index (χ4n) is 1.67. The fourth-order valence-corrected chi connectivity index (χ4v) is 3.12. The number of hydrogen-bond donors (Lipinski definition) is 1. The summed E-state index contributed by atoms with van der Waals surface area (Å²) in [5.74, 6) is 1.14. The van der Waals surface area contributed by atoms with Crippen LogP contribution in [0.5, 0.6) is 5.75 Å². The number of benzene rings is 1. The number of aromatic nitrogens is 1. The Labute approximate surface area is 149 Å². The molecule has 0 unspecified atom stereocenters. The van der Waals surface area contributed by atoms with Crippen molar-refractivity contribution in [2.24, 2.45) is 5.10 Å². The van der Waals surface area contributed by atoms with Crippen LogP contribution in [0.25, 0.3) is 0 Å². The van der Waals surface area contributed by atoms with Crippen LogP contribution in [-0.4, -0.2) is 22.7 Å². The Morgan fingerprint density at radius 3 is 2.61 bits per heavy atom. The first-order chi connectivity index (χ1) is 11.0. The van der Waals surface area contributed by atoms with Crippen molar-refractivity contribution in [2.75, 3.05) is 12.0 Å². The van der Waals surface area contributed by atoms with Gasteiger partial charge in [0.05, 0.1) is 26.7 Å². The minimum Gasteiger partial charge on any atom is -0.492 e. The van der Waals surface area contributed by atoms with Crippen molar-refractivity contribution in [1.82, 2.24) is 4.98 Å². The molecule has 2 rings (SSSR count). The number of nitro groups is 1. The van der Waals surface area contributed by atoms with Crippen molar-refractivity contribution >= 4 is 49.6 Å². The highest BCUT2D eigenvalue weighted by atomic mass is 79.9. The first kappa shape index (κ1) is 17.4. The van der Waals surface area contributed by atoms with E-state index in [9.17, 15) is 10.1 Å². The largest absolute Gasteiger partial charge is 0.492 e. The smallest absolute Gasteiger partial charge is 0.287 e. The number of nitrogens with one attached hydrogen (secondary N) is 1. The van der Waals surface area contributed by atoms with Gasteiger partial charge in [0.15, 0.2) is 0 Å². The predicted molar refractivity (Wildman–Crippen MR) is 95.1 cm³/mol. The van der Waals surface area contributed by atoms with Gasteiger partial charge in [-0.15, -0.1) is 0 Å². The van der Waals surface area contributed by atoms with Crippen LogP contribution in [0.2, 0.25) is 0 Å². The van der Waals surface area contributed by atoms with Gasteiger partial charge in [0.2, 0.25) is 0 Å². The second-order valence-electron chi connectivity index (χ2n) is 4.28. The second kappa shape index (κ2) is 8.02. The van der Waals surface area contributed by atoms with Crippen LogP contribution in [0.15, 0.2) is 44.5 Å². The van der Waals surface area contributed by atoms with Crippen molar-refractivity contribution in [3.63, 3.8) is 0 Å². The van der Waals surface area contributed by atoms with Crippen LogP contribution in [0.1, 0.15) is 12.5 Å². The number of rotatable bonds is 6. The molecular formula is C14H12Br2N4O3. The maximum absolute atomic E-state index is 10.5. The van der Waals surface area contributed by atoms with E-state index in [2.05, 4.69) is 47.4 Å². The van der Waals surface area contributed by atoms with Crippen molar-refractivity contribution in [3.05, 3.63) is 55.1 Å². The van der Waals surface area contributed by atoms with E-state index >= 15 is 0 Å². The number of hydrogen-bond acceptors (Lipinski definition) is 6. The van der Waals surface area contributed by atoms with E-state index in [0.29, 0.717) is 12.4 Å². The molecule has 0 amide bonds. The lowest BCUT2D eigenvalue weighted by Gasteiger charge is -2.09. The van der Waals surface area contributed by atoms with Gasteiger partial charge < -0.3 is 4.74 Å². The van der Waals surface area contributed by atoms with E-state index < -0.39 is 4.92 Å². The molecule has 0 saturated heterocycles. The SMILES string of the molecule is CCOc1c(Br)cc(/C=N/Nc2ccc([N+](=O)[O-])cn2)cc1Br. The van der Waals surface area contributed by atoms with E-state index in [1.54, 1.807) is 6.21 Å². The summed E-state index contributed by atoms with van der Waals surface area (Å²) in [7, 11) is 0. The van der Waals surface area contributed by atoms with E-state index in [-0.39, 0.29) is 5.69 Å². The molecule has 0 saturated carbocycles. The maximum atomic E-state index is 10.5. The third-order valence-electron chi connectivity index (χ3n) is 2.66. The molecular weight excluding hydrogens is 432 g/mol. The van der Waals surface area contributed by atoms with Gasteiger partial charge in [0.25, 0.3) is 5.69 Å². The number of nitrogens with zero attached hydrogens (tertiary/aromatic N) is 3. The van der Waals surface area contributed by atoms with E-state index in [0.717, 1.165) is 20.3 Å². The van der Waals surface area contributed by atoms with Crippen molar-refractivity contribution < 1.29 is 9.66 Å². The number of anilines is 1. The van der Waals surface area contributed by atoms with Gasteiger partial charge in [0, 0.05) is 6.07 Å². The van der Waals surface area contributed by atoms with Crippen LogP contribution < -0.4 is 10.2 Å². The number of ether oxygens (including phenoxy) is 1. The van der Waals surface area contributed by atoms with E-state index in [1.165, 1.54) is 18.3 Å². The lowest BCUT2D eigenvalue weighted by molar-refractivity contribution is -0.385. The second-order valence-corrected chi connectivity index (χ2v) is 5.98. The van der Waals surface area contributed by atoms with E-state index in [1.807, 2.05) is 19.1 Å². The summed E-state index contributed by atoms with van der Waals surface area (Å²) < 4.78 is 7.13. The van der Waals surface area contributed by atoms with Crippen molar-refractivity contribution in [2.45, 2.75) is 6.92 Å². The summed E-state index contributed by atoms with van der Waals surface area (Å²) in [6, 6.07) is 6.57. The summed E-state index contributed by atoms with van der Waals surface area (Å²) in [4.78, 5) is 13.9. The average molecular weight is 444 g/mol. The Morgan fingerprint density at radius 2 is 2.09 bits per heavy atom. The zero-order valence-electron chi connectivity index (χ0n) is 12.0. The molecule has 1 heterocycles. The third kappa shape index (κ3) is 4.73. The summed E-state index contributed by atoms with van der Waals surface area (Å²) in [5.41, 5.74) is 3.48. The van der Waals surface area contributed by atoms with Gasteiger partial charge in [-0.05, 0) is 62.5 Å². The molecule has 0 aliphatic rings. The first-order valence-electron chi connectivity index (χ1n) is 6.52. The van der Waals surface area contributed by atoms with Gasteiger partial charge >= 0.3 is 0 Å². The van der Waals surface area contributed by atoms with Crippen molar-refractivity contribution in [1.29, 1.82) is 0 Å². The Hall–Kier alpha value is -2.00. The van der Waals surface area contributed by atoms with Crippen LogP contribution in [-0.2, 0) is 0 Å². The Balaban J connectivity index is 2.07. The molecule has 0 atom stereocenters. The minimum absolute atomic E-state index is 0.0705. The zero-order chi connectivity index (χ0) is 16.8. The molecule has 9 heteroatoms. The molecule has 1 N–H and O–H groups in total. The molecule has 0 aliphatic heterocycles. The van der Waals surface area contributed by atoms with Gasteiger partial charge in [-0.1, -0.05) is 0 Å². The topological polar surface area (TPSA) is 89.6 Å². The molecule has 1 aromatic heterocycles. The predicted octanol–water partition coefficient (Wildman–Crippen LogP) is 4.36. The lowest BCUT2D eigenvalue weighted by atomic mass is 10.2. The molecule has 0 aliphatic carbocycles. The first-order valence-corrected chi connectivity index (χ1v) is 8.11. The molecule has 1 aromatic carbocycles. The van der Waals surface area contributed by atoms with Gasteiger partial charge in [-0.2, -0.15) is 5.10 Å². The molecule has 0 fully saturated rings. The highest BCUT2D eigenvalue weighted by Gasteiger charge is 2.08. The summed E-state index contributed by atoms with van der Waals surface area (Å²) in [6.07, 6.45) is 2.77. The van der Waals surface area contributed by atoms with Crippen LogP contribution in [0.3, 0.4) is 0 Å². The molecule has 23 heavy (non-hydrogen) atoms. The lowest BCUT2D eigenvalue weighted by Crippen LogP contribution is -1.97. The van der Waals surface area contributed by atoms with Crippen LogP contribution in [0, 0.1) is 10.1 Å². The number of halogens is 2. The molecule has 0 radical (unpaired) electrons. The fraction of sp³-hybridized carbons (Fsp3) is 0.143. The third-order valence-corrected chi connectivity index (χ3v) is 3.84. The molecule has 2 aromatic rings. The standard InChI is InChI=1S/C14H12Br2N4O3/c1-2-23-14-11(15)5-9(6-12(14)16)7-18-19-13-4-3-10(8-17-13)20(21)22/h3-8H,2H2,1H3,(H,17,19)/b18-7+. The van der Waals surface area contributed by atoms with Crippen LogP contribution in [0.4, 0.5) is 11.5 Å². The maximum Gasteiger partial charge on any atom is 0.287 e. The minimum atomic E-state index is -0.505. The summed E-state index contributed by atoms with van der Waals surface area (Å²) >= 11 is 6.89. The Bertz CT molecular complexity index is 712. The highest BCUT2D eigenvalue weighted by Crippen LogP contribution is 2.34. The normalized spacial score (nSPS) is 10.7. The molecule has 7 nitrogen and oxygen atoms in total. The zero-order valence-corrected chi connectivity index (χ0v) is 15.2. The van der Waals surface area contributed by atoms with Crippen molar-refractivity contribution in [3.8, 4) is 5.75 Å². The van der Waals surface area contributed by atoms with Gasteiger partial charge in [-0.3, -0.25) is 15.5 Å².